The molecule has 0 aliphatic heterocycles. The van der Waals surface area contributed by atoms with Crippen LogP contribution in [0.5, 0.6) is 0 Å². The number of benzene rings is 5. The SMILES string of the molecule is [CH2]=[Ti]([CH2]c1ccccc1)([CH2]c1ccccc1)([c]1cccc2c1Cc1ccccc1-2)[CH]1C=Cc2ccccc21. The maximum atomic E-state index is 5.62. The van der Waals surface area contributed by atoms with Crippen molar-refractivity contribution in [3.8, 4) is 11.1 Å². The third kappa shape index (κ3) is 3.67. The van der Waals surface area contributed by atoms with Gasteiger partial charge in [-0.15, -0.1) is 0 Å². The minimum atomic E-state index is -4.03. The second kappa shape index (κ2) is 9.02. The fourth-order valence-corrected chi connectivity index (χ4v) is 18.6. The van der Waals surface area contributed by atoms with Gasteiger partial charge in [-0.3, -0.25) is 0 Å². The normalized spacial score (nSPS) is 15.7. The van der Waals surface area contributed by atoms with E-state index >= 15 is 0 Å². The van der Waals surface area contributed by atoms with Crippen molar-refractivity contribution >= 4 is 14.8 Å². The molecule has 5 aromatic rings. The predicted molar refractivity (Wildman–Crippen MR) is 160 cm³/mol. The molecule has 0 heterocycles. The van der Waals surface area contributed by atoms with Gasteiger partial charge in [-0.25, -0.2) is 0 Å². The summed E-state index contributed by atoms with van der Waals surface area (Å²) in [6.45, 7) is 0. The van der Waals surface area contributed by atoms with Crippen LogP contribution in [0.15, 0.2) is 133 Å². The van der Waals surface area contributed by atoms with Crippen molar-refractivity contribution in [2.24, 2.45) is 0 Å². The Morgan fingerprint density at radius 1 is 0.605 bits per heavy atom. The van der Waals surface area contributed by atoms with Gasteiger partial charge < -0.3 is 0 Å². The van der Waals surface area contributed by atoms with Crippen LogP contribution in [0.1, 0.15) is 37.6 Å². The number of hydrogen-bond donors (Lipinski definition) is 0. The molecule has 5 aromatic carbocycles. The van der Waals surface area contributed by atoms with E-state index in [1.165, 1.54) is 44.5 Å². The first-order valence-corrected chi connectivity index (χ1v) is 18.7. The van der Waals surface area contributed by atoms with E-state index in [1.54, 1.807) is 3.87 Å². The van der Waals surface area contributed by atoms with E-state index < -0.39 is 14.8 Å². The van der Waals surface area contributed by atoms with E-state index in [0.717, 1.165) is 15.9 Å². The monoisotopic (exact) mass is 524 g/mol. The first kappa shape index (κ1) is 23.5. The van der Waals surface area contributed by atoms with Crippen LogP contribution < -0.4 is 3.87 Å². The first-order valence-electron chi connectivity index (χ1n) is 13.7. The second-order valence-electron chi connectivity index (χ2n) is 11.5. The van der Waals surface area contributed by atoms with Gasteiger partial charge in [0.15, 0.2) is 0 Å². The second-order valence-corrected chi connectivity index (χ2v) is 20.8. The Morgan fingerprint density at radius 3 is 1.95 bits per heavy atom. The summed E-state index contributed by atoms with van der Waals surface area (Å²) in [5.74, 6) is 0. The summed E-state index contributed by atoms with van der Waals surface area (Å²) in [6.07, 6.45) is 5.88. The summed E-state index contributed by atoms with van der Waals surface area (Å²) in [6, 6.07) is 47.4. The van der Waals surface area contributed by atoms with Crippen LogP contribution in [0.4, 0.5) is 0 Å². The molecule has 184 valence electrons. The van der Waals surface area contributed by atoms with Crippen LogP contribution in [0, 0.1) is 0 Å². The van der Waals surface area contributed by atoms with Gasteiger partial charge in [0.1, 0.15) is 0 Å². The first-order chi connectivity index (χ1) is 18.6. The van der Waals surface area contributed by atoms with Gasteiger partial charge in [0.25, 0.3) is 0 Å². The molecular formula is C37H32Ti. The van der Waals surface area contributed by atoms with E-state index in [1.807, 2.05) is 0 Å². The quantitative estimate of drug-likeness (QED) is 0.193. The standard InChI is InChI=1S/C13H9.C9H7.2C7H7.CH2.Ti/c1-3-7-12-10(5-1)9-11-6-2-4-8-13(11)12;1-2-5-9-7-3-6-8(9)4-1;2*1-7-5-3-2-4-6-7;;/h1-5,7-8H,9H2;1-7H;2*2-6H,1H2;1H2;. The Bertz CT molecular complexity index is 1700. The van der Waals surface area contributed by atoms with Gasteiger partial charge in [0.05, 0.1) is 0 Å². The summed E-state index contributed by atoms with van der Waals surface area (Å²) in [5, 5.41) is 0. The summed E-state index contributed by atoms with van der Waals surface area (Å²) >= 11 is -4.03. The zero-order valence-electron chi connectivity index (χ0n) is 21.7. The predicted octanol–water partition coefficient (Wildman–Crippen LogP) is 8.17. The van der Waals surface area contributed by atoms with Crippen molar-refractivity contribution in [3.63, 3.8) is 0 Å². The minimum absolute atomic E-state index is 0.318. The van der Waals surface area contributed by atoms with Gasteiger partial charge >= 0.3 is 228 Å². The molecule has 0 aromatic heterocycles. The van der Waals surface area contributed by atoms with Crippen molar-refractivity contribution < 1.29 is 14.8 Å². The number of fused-ring (bicyclic) bond motifs is 4. The Morgan fingerprint density at radius 2 is 1.21 bits per heavy atom. The molecule has 0 saturated heterocycles. The van der Waals surface area contributed by atoms with Crippen molar-refractivity contribution in [1.29, 1.82) is 0 Å². The Kier molecular flexibility index (Phi) is 5.58. The molecule has 1 heteroatoms. The zero-order chi connectivity index (χ0) is 25.6. The van der Waals surface area contributed by atoms with Crippen molar-refractivity contribution in [2.75, 3.05) is 0 Å². The summed E-state index contributed by atoms with van der Waals surface area (Å²) < 4.78 is 3.94. The molecule has 38 heavy (non-hydrogen) atoms. The van der Waals surface area contributed by atoms with Crippen molar-refractivity contribution in [3.05, 3.63) is 167 Å². The van der Waals surface area contributed by atoms with E-state index in [-0.39, 0.29) is 0 Å². The fraction of sp³-hybridized carbons (Fsp3) is 0.108. The molecule has 0 radical (unpaired) electrons. The van der Waals surface area contributed by atoms with Crippen molar-refractivity contribution in [2.45, 2.75) is 20.1 Å². The van der Waals surface area contributed by atoms with E-state index in [0.29, 0.717) is 4.22 Å². The number of allylic oxidation sites excluding steroid dienone is 1. The molecule has 7 rings (SSSR count). The molecule has 0 nitrogen and oxygen atoms in total. The van der Waals surface area contributed by atoms with Gasteiger partial charge in [0.2, 0.25) is 0 Å². The van der Waals surface area contributed by atoms with Crippen LogP contribution >= 0.6 is 0 Å². The number of rotatable bonds is 6. The van der Waals surface area contributed by atoms with Crippen LogP contribution in [0.3, 0.4) is 0 Å². The average Bonchev–Trinajstić information content (AvgIpc) is 3.57. The summed E-state index contributed by atoms with van der Waals surface area (Å²) in [7, 11) is 0. The van der Waals surface area contributed by atoms with Gasteiger partial charge in [-0.2, -0.15) is 0 Å². The molecule has 2 aliphatic carbocycles. The molecule has 1 unspecified atom stereocenters. The van der Waals surface area contributed by atoms with E-state index in [4.69, 9.17) is 4.82 Å². The fourth-order valence-electron chi connectivity index (χ4n) is 7.55. The molecule has 0 amide bonds. The maximum absolute atomic E-state index is 5.62. The third-order valence-corrected chi connectivity index (χ3v) is 19.5. The average molecular weight is 525 g/mol. The van der Waals surface area contributed by atoms with Crippen LogP contribution in [0.25, 0.3) is 17.2 Å². The molecular weight excluding hydrogens is 492 g/mol. The van der Waals surface area contributed by atoms with Crippen LogP contribution in [-0.2, 0) is 30.7 Å². The Balaban J connectivity index is 1.55. The van der Waals surface area contributed by atoms with Crippen molar-refractivity contribution in [1.82, 2.24) is 0 Å². The summed E-state index contributed by atoms with van der Waals surface area (Å²) in [5.41, 5.74) is 11.4. The molecule has 0 bridgehead atoms. The molecule has 0 fully saturated rings. The number of hydrogen-bond acceptors (Lipinski definition) is 0. The van der Waals surface area contributed by atoms with Gasteiger partial charge in [-0.05, 0) is 0 Å². The zero-order valence-corrected chi connectivity index (χ0v) is 23.2. The molecule has 1 atom stereocenters. The third-order valence-electron chi connectivity index (χ3n) is 9.17. The van der Waals surface area contributed by atoms with E-state index in [2.05, 4.69) is 140 Å². The summed E-state index contributed by atoms with van der Waals surface area (Å²) in [4.78, 5) is 5.62. The topological polar surface area (TPSA) is 0 Å². The molecule has 0 saturated carbocycles. The Hall–Kier alpha value is -3.58. The van der Waals surface area contributed by atoms with Crippen LogP contribution in [-0.4, -0.2) is 4.82 Å². The molecule has 2 aliphatic rings. The molecule has 0 spiro atoms. The molecule has 0 N–H and O–H groups in total. The Labute approximate surface area is 226 Å². The van der Waals surface area contributed by atoms with Gasteiger partial charge in [0, 0.05) is 0 Å². The van der Waals surface area contributed by atoms with Gasteiger partial charge in [-0.1, -0.05) is 0 Å². The van der Waals surface area contributed by atoms with E-state index in [9.17, 15) is 0 Å². The van der Waals surface area contributed by atoms with Crippen LogP contribution in [0.2, 0.25) is 0 Å².